The van der Waals surface area contributed by atoms with E-state index in [1.165, 1.54) is 25.3 Å². The van der Waals surface area contributed by atoms with Gasteiger partial charge in [0.15, 0.2) is 5.96 Å². The smallest absolute Gasteiger partial charge is 0.191 e. The number of nitrogens with zero attached hydrogens (tertiary/aromatic N) is 3. The van der Waals surface area contributed by atoms with Crippen LogP contribution in [0.1, 0.15) is 38.2 Å². The van der Waals surface area contributed by atoms with Crippen LogP contribution in [-0.2, 0) is 11.3 Å². The van der Waals surface area contributed by atoms with E-state index in [2.05, 4.69) is 20.6 Å². The molecule has 29 heavy (non-hydrogen) atoms. The molecule has 8 heteroatoms. The van der Waals surface area contributed by atoms with Gasteiger partial charge >= 0.3 is 0 Å². The van der Waals surface area contributed by atoms with Crippen LogP contribution in [0.25, 0.3) is 5.69 Å². The summed E-state index contributed by atoms with van der Waals surface area (Å²) in [5.74, 6) is 0.488. The van der Waals surface area contributed by atoms with Crippen LogP contribution in [0.2, 0.25) is 0 Å². The van der Waals surface area contributed by atoms with Crippen molar-refractivity contribution in [3.05, 3.63) is 48.3 Å². The third kappa shape index (κ3) is 6.40. The zero-order chi connectivity index (χ0) is 19.8. The Morgan fingerprint density at radius 1 is 1.34 bits per heavy atom. The summed E-state index contributed by atoms with van der Waals surface area (Å²) in [7, 11) is 1.75. The second kappa shape index (κ2) is 11.5. The Balaban J connectivity index is 0.00000300. The molecule has 2 N–H and O–H groups in total. The molecule has 2 aromatic rings. The molecular formula is C21H31FIN5O. The van der Waals surface area contributed by atoms with E-state index in [1.54, 1.807) is 36.5 Å². The number of aliphatic imine (C=N–C) groups is 1. The molecule has 1 aliphatic rings. The van der Waals surface area contributed by atoms with Gasteiger partial charge in [-0.3, -0.25) is 0 Å². The second-order valence-electron chi connectivity index (χ2n) is 7.40. The fourth-order valence-electron chi connectivity index (χ4n) is 3.55. The Labute approximate surface area is 189 Å². The molecule has 0 aliphatic heterocycles. The predicted molar refractivity (Wildman–Crippen MR) is 125 cm³/mol. The van der Waals surface area contributed by atoms with E-state index in [4.69, 9.17) is 4.74 Å². The normalized spacial score (nSPS) is 15.3. The van der Waals surface area contributed by atoms with Crippen molar-refractivity contribution in [2.45, 2.75) is 39.2 Å². The number of nitrogens with one attached hydrogen (secondary N) is 2. The van der Waals surface area contributed by atoms with E-state index in [1.807, 2.05) is 13.0 Å². The fourth-order valence-corrected chi connectivity index (χ4v) is 3.55. The summed E-state index contributed by atoms with van der Waals surface area (Å²) in [6.45, 7) is 4.92. The molecule has 0 radical (unpaired) electrons. The Morgan fingerprint density at radius 2 is 2.17 bits per heavy atom. The SMILES string of the molecule is CCNC(=NCc1ccc(-n2ccnc2)c(F)c1)NCC1(CCOC)CCC1.I. The highest BCUT2D eigenvalue weighted by atomic mass is 127. The maximum Gasteiger partial charge on any atom is 0.191 e. The number of aromatic nitrogens is 2. The standard InChI is InChI=1S/C21H30FN5O.HI/c1-3-24-20(26-15-21(7-4-8-21)9-12-28-2)25-14-17-5-6-19(18(22)13-17)27-11-10-23-16-27;/h5-6,10-11,13,16H,3-4,7-9,12,14-15H2,1-2H3,(H2,24,25,26);1H. The molecule has 1 fully saturated rings. The fraction of sp³-hybridized carbons (Fsp3) is 0.524. The largest absolute Gasteiger partial charge is 0.385 e. The van der Waals surface area contributed by atoms with Crippen molar-refractivity contribution < 1.29 is 9.13 Å². The first-order valence-corrected chi connectivity index (χ1v) is 9.94. The van der Waals surface area contributed by atoms with Crippen molar-refractivity contribution in [1.29, 1.82) is 0 Å². The van der Waals surface area contributed by atoms with Gasteiger partial charge in [0, 0.05) is 39.2 Å². The number of imidazole rings is 1. The first-order chi connectivity index (χ1) is 13.7. The van der Waals surface area contributed by atoms with Gasteiger partial charge in [-0.1, -0.05) is 12.5 Å². The maximum atomic E-state index is 14.4. The Morgan fingerprint density at radius 3 is 2.76 bits per heavy atom. The lowest BCUT2D eigenvalue weighted by Crippen LogP contribution is -2.46. The van der Waals surface area contributed by atoms with Crippen molar-refractivity contribution in [1.82, 2.24) is 20.2 Å². The zero-order valence-electron chi connectivity index (χ0n) is 17.2. The molecule has 1 aliphatic carbocycles. The first kappa shape index (κ1) is 23.6. The van der Waals surface area contributed by atoms with Crippen molar-refractivity contribution >= 4 is 29.9 Å². The third-order valence-corrected chi connectivity index (χ3v) is 5.44. The van der Waals surface area contributed by atoms with Crippen LogP contribution >= 0.6 is 24.0 Å². The molecule has 3 rings (SSSR count). The van der Waals surface area contributed by atoms with E-state index >= 15 is 0 Å². The molecule has 0 saturated heterocycles. The molecule has 0 spiro atoms. The molecule has 0 amide bonds. The van der Waals surface area contributed by atoms with Crippen molar-refractivity contribution in [3.63, 3.8) is 0 Å². The Bertz CT molecular complexity index is 777. The lowest BCUT2D eigenvalue weighted by molar-refractivity contribution is 0.0732. The molecule has 0 atom stereocenters. The van der Waals surface area contributed by atoms with Crippen molar-refractivity contribution in [2.24, 2.45) is 10.4 Å². The molecule has 1 saturated carbocycles. The van der Waals surface area contributed by atoms with Crippen LogP contribution in [-0.4, -0.2) is 42.3 Å². The van der Waals surface area contributed by atoms with E-state index in [0.717, 1.165) is 37.6 Å². The zero-order valence-corrected chi connectivity index (χ0v) is 19.5. The van der Waals surface area contributed by atoms with Crippen LogP contribution in [0.5, 0.6) is 0 Å². The minimum absolute atomic E-state index is 0. The van der Waals surface area contributed by atoms with E-state index in [0.29, 0.717) is 17.6 Å². The van der Waals surface area contributed by atoms with Crippen LogP contribution < -0.4 is 10.6 Å². The molecule has 1 aromatic carbocycles. The minimum Gasteiger partial charge on any atom is -0.385 e. The van der Waals surface area contributed by atoms with Crippen molar-refractivity contribution in [3.8, 4) is 5.69 Å². The summed E-state index contributed by atoms with van der Waals surface area (Å²) in [4.78, 5) is 8.60. The molecule has 1 heterocycles. The molecule has 0 unspecified atom stereocenters. The highest BCUT2D eigenvalue weighted by Crippen LogP contribution is 2.43. The summed E-state index contributed by atoms with van der Waals surface area (Å²) in [5.41, 5.74) is 1.63. The average molecular weight is 515 g/mol. The number of hydrogen-bond acceptors (Lipinski definition) is 3. The summed E-state index contributed by atoms with van der Waals surface area (Å²) in [6, 6.07) is 5.20. The van der Waals surface area contributed by atoms with Gasteiger partial charge in [-0.25, -0.2) is 14.4 Å². The van der Waals surface area contributed by atoms with E-state index in [-0.39, 0.29) is 29.8 Å². The number of methoxy groups -OCH3 is 1. The van der Waals surface area contributed by atoms with Gasteiger partial charge in [-0.2, -0.15) is 0 Å². The van der Waals surface area contributed by atoms with Crippen LogP contribution in [0.3, 0.4) is 0 Å². The number of ether oxygens (including phenoxy) is 1. The maximum absolute atomic E-state index is 14.4. The van der Waals surface area contributed by atoms with Gasteiger partial charge in [0.1, 0.15) is 5.82 Å². The number of guanidine groups is 1. The lowest BCUT2D eigenvalue weighted by atomic mass is 9.67. The lowest BCUT2D eigenvalue weighted by Gasteiger charge is -2.42. The van der Waals surface area contributed by atoms with E-state index in [9.17, 15) is 4.39 Å². The second-order valence-corrected chi connectivity index (χ2v) is 7.40. The molecule has 6 nitrogen and oxygen atoms in total. The van der Waals surface area contributed by atoms with Crippen LogP contribution in [0.15, 0.2) is 41.9 Å². The van der Waals surface area contributed by atoms with Gasteiger partial charge in [-0.05, 0) is 49.3 Å². The van der Waals surface area contributed by atoms with Gasteiger partial charge in [0.25, 0.3) is 0 Å². The van der Waals surface area contributed by atoms with E-state index < -0.39 is 0 Å². The summed E-state index contributed by atoms with van der Waals surface area (Å²) >= 11 is 0. The highest BCUT2D eigenvalue weighted by molar-refractivity contribution is 14.0. The molecule has 0 bridgehead atoms. The number of benzene rings is 1. The van der Waals surface area contributed by atoms with Gasteiger partial charge in [-0.15, -0.1) is 24.0 Å². The molecular weight excluding hydrogens is 484 g/mol. The molecule has 1 aromatic heterocycles. The predicted octanol–water partition coefficient (Wildman–Crippen LogP) is 3.89. The minimum atomic E-state index is -0.281. The van der Waals surface area contributed by atoms with Gasteiger partial charge in [0.05, 0.1) is 18.6 Å². The number of rotatable bonds is 9. The molecule has 160 valence electrons. The monoisotopic (exact) mass is 515 g/mol. The van der Waals surface area contributed by atoms with Crippen molar-refractivity contribution in [2.75, 3.05) is 26.8 Å². The van der Waals surface area contributed by atoms with Gasteiger partial charge in [0.2, 0.25) is 0 Å². The third-order valence-electron chi connectivity index (χ3n) is 5.44. The highest BCUT2D eigenvalue weighted by Gasteiger charge is 2.36. The summed E-state index contributed by atoms with van der Waals surface area (Å²) in [5, 5.41) is 6.75. The summed E-state index contributed by atoms with van der Waals surface area (Å²) < 4.78 is 21.3. The van der Waals surface area contributed by atoms with Crippen LogP contribution in [0.4, 0.5) is 4.39 Å². The quantitative estimate of drug-likeness (QED) is 0.302. The first-order valence-electron chi connectivity index (χ1n) is 9.94. The Kier molecular flexibility index (Phi) is 9.35. The Hall–Kier alpha value is -1.68. The summed E-state index contributed by atoms with van der Waals surface area (Å²) in [6.07, 6.45) is 9.74. The van der Waals surface area contributed by atoms with Gasteiger partial charge < -0.3 is 19.9 Å². The number of hydrogen-bond donors (Lipinski definition) is 2. The van der Waals surface area contributed by atoms with Crippen LogP contribution in [0, 0.1) is 11.2 Å². The number of halogens is 2. The average Bonchev–Trinajstić information content (AvgIpc) is 3.19. The topological polar surface area (TPSA) is 63.5 Å².